The molecule has 112 valence electrons. The minimum Gasteiger partial charge on any atom is -0.311 e. The first-order valence-corrected chi connectivity index (χ1v) is 7.46. The van der Waals surface area contributed by atoms with Crippen LogP contribution >= 0.6 is 0 Å². The van der Waals surface area contributed by atoms with E-state index < -0.39 is 0 Å². The van der Waals surface area contributed by atoms with Gasteiger partial charge in [-0.25, -0.2) is 8.78 Å². The van der Waals surface area contributed by atoms with E-state index in [9.17, 15) is 8.78 Å². The molecule has 1 heterocycles. The van der Waals surface area contributed by atoms with Crippen molar-refractivity contribution in [3.63, 3.8) is 0 Å². The largest absolute Gasteiger partial charge is 0.311 e. The topological polar surface area (TPSA) is 15.3 Å². The maximum atomic E-state index is 13.5. The fourth-order valence-corrected chi connectivity index (χ4v) is 2.89. The third-order valence-electron chi connectivity index (χ3n) is 4.06. The van der Waals surface area contributed by atoms with Crippen molar-refractivity contribution in [3.05, 3.63) is 35.4 Å². The summed E-state index contributed by atoms with van der Waals surface area (Å²) < 4.78 is 26.6. The zero-order valence-corrected chi connectivity index (χ0v) is 12.3. The van der Waals surface area contributed by atoms with Crippen molar-refractivity contribution in [2.24, 2.45) is 5.92 Å². The zero-order valence-electron chi connectivity index (χ0n) is 12.3. The first-order chi connectivity index (χ1) is 9.58. The Labute approximate surface area is 120 Å². The molecule has 20 heavy (non-hydrogen) atoms. The zero-order chi connectivity index (χ0) is 14.5. The van der Waals surface area contributed by atoms with Gasteiger partial charge >= 0.3 is 0 Å². The van der Waals surface area contributed by atoms with Crippen molar-refractivity contribution < 1.29 is 8.78 Å². The van der Waals surface area contributed by atoms with Crippen molar-refractivity contribution in [2.45, 2.75) is 39.3 Å². The van der Waals surface area contributed by atoms with E-state index in [0.717, 1.165) is 25.7 Å². The van der Waals surface area contributed by atoms with Crippen molar-refractivity contribution in [3.8, 4) is 0 Å². The molecule has 4 heteroatoms. The molecule has 1 fully saturated rings. The van der Waals surface area contributed by atoms with Gasteiger partial charge in [-0.3, -0.25) is 4.90 Å². The molecule has 1 N–H and O–H groups in total. The van der Waals surface area contributed by atoms with E-state index in [1.54, 1.807) is 0 Å². The van der Waals surface area contributed by atoms with Gasteiger partial charge in [-0.15, -0.1) is 0 Å². The van der Waals surface area contributed by atoms with Gasteiger partial charge in [0.2, 0.25) is 0 Å². The lowest BCUT2D eigenvalue weighted by Gasteiger charge is -2.31. The van der Waals surface area contributed by atoms with Crippen LogP contribution in [0.2, 0.25) is 0 Å². The van der Waals surface area contributed by atoms with Crippen molar-refractivity contribution in [1.29, 1.82) is 0 Å². The van der Waals surface area contributed by atoms with Crippen molar-refractivity contribution >= 4 is 0 Å². The molecule has 0 amide bonds. The molecule has 0 aliphatic carbocycles. The lowest BCUT2D eigenvalue weighted by atomic mass is 10.0. The number of rotatable bonds is 6. The third-order valence-corrected chi connectivity index (χ3v) is 4.06. The molecule has 1 saturated heterocycles. The van der Waals surface area contributed by atoms with E-state index in [4.69, 9.17) is 0 Å². The Kier molecular flexibility index (Phi) is 5.49. The summed E-state index contributed by atoms with van der Waals surface area (Å²) in [6, 6.07) is 4.07. The predicted octanol–water partition coefficient (Wildman–Crippen LogP) is 3.17. The Morgan fingerprint density at radius 1 is 1.20 bits per heavy atom. The average Bonchev–Trinajstić information content (AvgIpc) is 2.91. The number of benzene rings is 1. The van der Waals surface area contributed by atoms with Crippen LogP contribution in [0.5, 0.6) is 0 Å². The van der Waals surface area contributed by atoms with E-state index in [2.05, 4.69) is 24.1 Å². The Morgan fingerprint density at radius 2 is 1.90 bits per heavy atom. The van der Waals surface area contributed by atoms with Gasteiger partial charge in [0.1, 0.15) is 11.6 Å². The minimum atomic E-state index is -0.386. The molecule has 2 nitrogen and oxygen atoms in total. The minimum absolute atomic E-state index is 0.346. The molecule has 0 aromatic heterocycles. The highest BCUT2D eigenvalue weighted by atomic mass is 19.1. The van der Waals surface area contributed by atoms with Gasteiger partial charge in [0.15, 0.2) is 0 Å². The maximum Gasteiger partial charge on any atom is 0.127 e. The summed E-state index contributed by atoms with van der Waals surface area (Å²) >= 11 is 0. The van der Waals surface area contributed by atoms with Gasteiger partial charge in [0.05, 0.1) is 0 Å². The third kappa shape index (κ3) is 4.00. The predicted molar refractivity (Wildman–Crippen MR) is 77.5 cm³/mol. The molecule has 1 atom stereocenters. The van der Waals surface area contributed by atoms with E-state index >= 15 is 0 Å². The number of hydrogen-bond acceptors (Lipinski definition) is 2. The normalized spacial score (nSPS) is 17.9. The molecule has 0 spiro atoms. The summed E-state index contributed by atoms with van der Waals surface area (Å²) in [5.41, 5.74) is 0.397. The molecule has 1 aromatic carbocycles. The van der Waals surface area contributed by atoms with Gasteiger partial charge in [-0.2, -0.15) is 0 Å². The molecule has 1 aromatic rings. The number of nitrogens with one attached hydrogen (secondary N) is 1. The molecule has 0 bridgehead atoms. The van der Waals surface area contributed by atoms with Crippen molar-refractivity contribution in [1.82, 2.24) is 10.2 Å². The van der Waals surface area contributed by atoms with Crippen LogP contribution in [0.25, 0.3) is 0 Å². The van der Waals surface area contributed by atoms with Gasteiger partial charge in [0, 0.05) is 24.7 Å². The molecule has 0 saturated carbocycles. The van der Waals surface area contributed by atoms with E-state index in [1.165, 1.54) is 25.0 Å². The molecule has 1 aliphatic heterocycles. The Morgan fingerprint density at radius 3 is 2.55 bits per heavy atom. The quantitative estimate of drug-likeness (QED) is 0.862. The van der Waals surface area contributed by atoms with Gasteiger partial charge in [-0.1, -0.05) is 13.8 Å². The smallest absolute Gasteiger partial charge is 0.127 e. The average molecular weight is 282 g/mol. The van der Waals surface area contributed by atoms with Crippen LogP contribution in [-0.2, 0) is 6.54 Å². The van der Waals surface area contributed by atoms with E-state index in [0.29, 0.717) is 24.1 Å². The summed E-state index contributed by atoms with van der Waals surface area (Å²) in [6.07, 6.45) is 2.53. The summed E-state index contributed by atoms with van der Waals surface area (Å²) in [6.45, 7) is 7.92. The summed E-state index contributed by atoms with van der Waals surface area (Å²) in [5, 5.41) is 3.28. The van der Waals surface area contributed by atoms with Crippen LogP contribution in [0.4, 0.5) is 8.78 Å². The summed E-state index contributed by atoms with van der Waals surface area (Å²) in [7, 11) is 0. The van der Waals surface area contributed by atoms with Crippen molar-refractivity contribution in [2.75, 3.05) is 19.6 Å². The van der Waals surface area contributed by atoms with Crippen LogP contribution < -0.4 is 5.32 Å². The monoisotopic (exact) mass is 282 g/mol. The second-order valence-corrected chi connectivity index (χ2v) is 5.92. The standard InChI is InChI=1S/C16H24F2N2/c1-12(2)16(20-7-3-4-8-20)11-19-10-13-9-14(17)5-6-15(13)18/h5-6,9,12,16,19H,3-4,7-8,10-11H2,1-2H3. The van der Waals surface area contributed by atoms with Crippen LogP contribution in [0.3, 0.4) is 0 Å². The Bertz CT molecular complexity index is 428. The van der Waals surface area contributed by atoms with Crippen LogP contribution in [-0.4, -0.2) is 30.6 Å². The number of nitrogens with zero attached hydrogens (tertiary/aromatic N) is 1. The fraction of sp³-hybridized carbons (Fsp3) is 0.625. The molecule has 1 unspecified atom stereocenters. The Balaban J connectivity index is 1.88. The van der Waals surface area contributed by atoms with Crippen LogP contribution in [0.1, 0.15) is 32.3 Å². The maximum absolute atomic E-state index is 13.5. The van der Waals surface area contributed by atoms with Gasteiger partial charge in [0.25, 0.3) is 0 Å². The second-order valence-electron chi connectivity index (χ2n) is 5.92. The fourth-order valence-electron chi connectivity index (χ4n) is 2.89. The molecule has 1 aliphatic rings. The van der Waals surface area contributed by atoms with Crippen LogP contribution in [0, 0.1) is 17.6 Å². The first kappa shape index (κ1) is 15.4. The molecular formula is C16H24F2N2. The molecule has 2 rings (SSSR count). The van der Waals surface area contributed by atoms with Crippen LogP contribution in [0.15, 0.2) is 18.2 Å². The number of hydrogen-bond donors (Lipinski definition) is 1. The lowest BCUT2D eigenvalue weighted by Crippen LogP contribution is -2.44. The molecular weight excluding hydrogens is 258 g/mol. The van der Waals surface area contributed by atoms with E-state index in [1.807, 2.05) is 0 Å². The number of likely N-dealkylation sites (tertiary alicyclic amines) is 1. The molecule has 0 radical (unpaired) electrons. The Hall–Kier alpha value is -1.00. The van der Waals surface area contributed by atoms with Gasteiger partial charge in [-0.05, 0) is 50.0 Å². The highest BCUT2D eigenvalue weighted by molar-refractivity contribution is 5.18. The SMILES string of the molecule is CC(C)C(CNCc1cc(F)ccc1F)N1CCCC1. The number of halogens is 2. The van der Waals surface area contributed by atoms with E-state index in [-0.39, 0.29) is 11.6 Å². The summed E-state index contributed by atoms with van der Waals surface area (Å²) in [4.78, 5) is 2.50. The first-order valence-electron chi connectivity index (χ1n) is 7.46. The van der Waals surface area contributed by atoms with Gasteiger partial charge < -0.3 is 5.32 Å². The lowest BCUT2D eigenvalue weighted by molar-refractivity contribution is 0.186. The highest BCUT2D eigenvalue weighted by Gasteiger charge is 2.24. The highest BCUT2D eigenvalue weighted by Crippen LogP contribution is 2.17. The summed E-state index contributed by atoms with van der Waals surface area (Å²) in [5.74, 6) is -0.178. The second kappa shape index (κ2) is 7.14.